The van der Waals surface area contributed by atoms with Gasteiger partial charge in [0.05, 0.1) is 0 Å². The van der Waals surface area contributed by atoms with E-state index < -0.39 is 0 Å². The van der Waals surface area contributed by atoms with Gasteiger partial charge >= 0.3 is 0 Å². The third-order valence-corrected chi connectivity index (χ3v) is 2.36. The predicted molar refractivity (Wildman–Crippen MR) is 59.0 cm³/mol. The lowest BCUT2D eigenvalue weighted by Crippen LogP contribution is -2.47. The van der Waals surface area contributed by atoms with Crippen LogP contribution in [0, 0.1) is 0 Å². The summed E-state index contributed by atoms with van der Waals surface area (Å²) in [5, 5.41) is 0. The van der Waals surface area contributed by atoms with Crippen LogP contribution in [0.2, 0.25) is 0 Å². The molecule has 3 heteroatoms. The Bertz CT molecular complexity index is 98.3. The first kappa shape index (κ1) is 12.9. The Balaban J connectivity index is 0.000000671. The molecule has 0 unspecified atom stereocenters. The van der Waals surface area contributed by atoms with E-state index in [0.717, 1.165) is 13.1 Å². The summed E-state index contributed by atoms with van der Waals surface area (Å²) in [6, 6.07) is 0. The molecule has 1 saturated heterocycles. The molecule has 0 aromatic rings. The van der Waals surface area contributed by atoms with Crippen LogP contribution >= 0.6 is 0 Å². The summed E-state index contributed by atoms with van der Waals surface area (Å²) >= 11 is 0. The van der Waals surface area contributed by atoms with E-state index in [4.69, 9.17) is 5.73 Å². The minimum Gasteiger partial charge on any atom is -0.329 e. The molecule has 0 amide bonds. The molecule has 1 aliphatic heterocycles. The Morgan fingerprint density at radius 1 is 1.00 bits per heavy atom. The second kappa shape index (κ2) is 8.48. The van der Waals surface area contributed by atoms with Gasteiger partial charge < -0.3 is 10.6 Å². The van der Waals surface area contributed by atoms with Crippen molar-refractivity contribution in [3.8, 4) is 0 Å². The average Bonchev–Trinajstić information content (AvgIpc) is 2.23. The Morgan fingerprint density at radius 2 is 1.46 bits per heavy atom. The van der Waals surface area contributed by atoms with E-state index in [1.807, 2.05) is 13.8 Å². The Kier molecular flexibility index (Phi) is 8.40. The zero-order valence-electron chi connectivity index (χ0n) is 9.42. The van der Waals surface area contributed by atoms with Gasteiger partial charge in [-0.15, -0.1) is 0 Å². The highest BCUT2D eigenvalue weighted by Crippen LogP contribution is 1.99. The summed E-state index contributed by atoms with van der Waals surface area (Å²) in [6.45, 7) is 14.1. The lowest BCUT2D eigenvalue weighted by molar-refractivity contribution is 0.140. The predicted octanol–water partition coefficient (Wildman–Crippen LogP) is 0.609. The fraction of sp³-hybridized carbons (Fsp3) is 1.00. The molecular weight excluding hydrogens is 162 g/mol. The van der Waals surface area contributed by atoms with Crippen LogP contribution in [0.15, 0.2) is 0 Å². The Hall–Kier alpha value is -0.120. The number of rotatable bonds is 3. The van der Waals surface area contributed by atoms with Crippen LogP contribution in [0.1, 0.15) is 20.8 Å². The summed E-state index contributed by atoms with van der Waals surface area (Å²) < 4.78 is 0. The van der Waals surface area contributed by atoms with E-state index in [9.17, 15) is 0 Å². The quantitative estimate of drug-likeness (QED) is 0.702. The Morgan fingerprint density at radius 3 is 1.85 bits per heavy atom. The van der Waals surface area contributed by atoms with Gasteiger partial charge in [0.1, 0.15) is 0 Å². The lowest BCUT2D eigenvalue weighted by atomic mass is 10.3. The molecule has 0 aromatic carbocycles. The smallest absolute Gasteiger partial charge is 0.0110 e. The third kappa shape index (κ3) is 5.24. The lowest BCUT2D eigenvalue weighted by Gasteiger charge is -2.33. The van der Waals surface area contributed by atoms with E-state index in [0.29, 0.717) is 0 Å². The van der Waals surface area contributed by atoms with Crippen molar-refractivity contribution in [3.63, 3.8) is 0 Å². The van der Waals surface area contributed by atoms with Gasteiger partial charge in [-0.1, -0.05) is 20.8 Å². The normalized spacial score (nSPS) is 19.4. The van der Waals surface area contributed by atoms with Crippen molar-refractivity contribution in [2.45, 2.75) is 20.8 Å². The van der Waals surface area contributed by atoms with Crippen LogP contribution in [-0.2, 0) is 0 Å². The topological polar surface area (TPSA) is 32.5 Å². The molecule has 0 aromatic heterocycles. The maximum atomic E-state index is 5.47. The minimum atomic E-state index is 0.798. The fourth-order valence-corrected chi connectivity index (χ4v) is 1.51. The molecule has 1 heterocycles. The minimum absolute atomic E-state index is 0.798. The molecule has 2 N–H and O–H groups in total. The highest BCUT2D eigenvalue weighted by Gasteiger charge is 2.13. The fourth-order valence-electron chi connectivity index (χ4n) is 1.51. The van der Waals surface area contributed by atoms with Crippen LogP contribution in [0.4, 0.5) is 0 Å². The first-order valence-electron chi connectivity index (χ1n) is 5.51. The van der Waals surface area contributed by atoms with Crippen molar-refractivity contribution >= 4 is 0 Å². The van der Waals surface area contributed by atoms with E-state index >= 15 is 0 Å². The number of hydrogen-bond donors (Lipinski definition) is 1. The third-order valence-electron chi connectivity index (χ3n) is 2.36. The largest absolute Gasteiger partial charge is 0.329 e. The van der Waals surface area contributed by atoms with E-state index in [2.05, 4.69) is 16.7 Å². The number of likely N-dealkylation sites (N-methyl/N-ethyl adjacent to an activating group) is 1. The summed E-state index contributed by atoms with van der Waals surface area (Å²) in [5.74, 6) is 0. The average molecular weight is 187 g/mol. The molecule has 1 aliphatic rings. The van der Waals surface area contributed by atoms with Crippen LogP contribution in [0.3, 0.4) is 0 Å². The first-order chi connectivity index (χ1) is 6.36. The second-order valence-corrected chi connectivity index (χ2v) is 3.06. The molecule has 0 atom stereocenters. The van der Waals surface area contributed by atoms with Crippen molar-refractivity contribution < 1.29 is 0 Å². The molecule has 0 radical (unpaired) electrons. The number of nitrogens with two attached hydrogens (primary N) is 1. The van der Waals surface area contributed by atoms with Crippen molar-refractivity contribution in [2.24, 2.45) is 5.73 Å². The second-order valence-electron chi connectivity index (χ2n) is 3.06. The molecule has 0 bridgehead atoms. The summed E-state index contributed by atoms with van der Waals surface area (Å²) in [4.78, 5) is 4.92. The highest BCUT2D eigenvalue weighted by atomic mass is 15.3. The van der Waals surface area contributed by atoms with Crippen molar-refractivity contribution in [3.05, 3.63) is 0 Å². The molecule has 80 valence electrons. The highest BCUT2D eigenvalue weighted by molar-refractivity contribution is 4.70. The maximum absolute atomic E-state index is 5.47. The van der Waals surface area contributed by atoms with Crippen molar-refractivity contribution in [2.75, 3.05) is 45.8 Å². The monoisotopic (exact) mass is 187 g/mol. The molecule has 3 nitrogen and oxygen atoms in total. The van der Waals surface area contributed by atoms with E-state index in [-0.39, 0.29) is 0 Å². The van der Waals surface area contributed by atoms with Crippen molar-refractivity contribution in [1.82, 2.24) is 9.80 Å². The van der Waals surface area contributed by atoms with Gasteiger partial charge in [0.2, 0.25) is 0 Å². The van der Waals surface area contributed by atoms with E-state index in [1.165, 1.54) is 32.7 Å². The van der Waals surface area contributed by atoms with Crippen LogP contribution < -0.4 is 5.73 Å². The molecule has 0 aliphatic carbocycles. The van der Waals surface area contributed by atoms with Gasteiger partial charge in [0, 0.05) is 39.3 Å². The summed E-state index contributed by atoms with van der Waals surface area (Å²) in [6.07, 6.45) is 0. The molecule has 0 spiro atoms. The molecule has 1 fully saturated rings. The standard InChI is InChI=1S/C8H19N3.C2H6/c1-2-10-5-7-11(4-3-9)8-6-10;1-2/h2-9H2,1H3;1-2H3. The van der Waals surface area contributed by atoms with Gasteiger partial charge in [-0.3, -0.25) is 4.90 Å². The maximum Gasteiger partial charge on any atom is 0.0110 e. The molecule has 1 rings (SSSR count). The van der Waals surface area contributed by atoms with E-state index in [1.54, 1.807) is 0 Å². The zero-order chi connectivity index (χ0) is 10.1. The number of nitrogens with zero attached hydrogens (tertiary/aromatic N) is 2. The van der Waals surface area contributed by atoms with Crippen LogP contribution in [-0.4, -0.2) is 55.6 Å². The van der Waals surface area contributed by atoms with Gasteiger partial charge in [0.15, 0.2) is 0 Å². The number of hydrogen-bond acceptors (Lipinski definition) is 3. The van der Waals surface area contributed by atoms with Gasteiger partial charge in [-0.2, -0.15) is 0 Å². The van der Waals surface area contributed by atoms with Gasteiger partial charge in [-0.05, 0) is 6.54 Å². The molecular formula is C10H25N3. The molecule has 0 saturated carbocycles. The van der Waals surface area contributed by atoms with Crippen LogP contribution in [0.25, 0.3) is 0 Å². The summed E-state index contributed by atoms with van der Waals surface area (Å²) in [7, 11) is 0. The van der Waals surface area contributed by atoms with Gasteiger partial charge in [-0.25, -0.2) is 0 Å². The first-order valence-corrected chi connectivity index (χ1v) is 5.51. The zero-order valence-corrected chi connectivity index (χ0v) is 9.42. The summed E-state index contributed by atoms with van der Waals surface area (Å²) in [5.41, 5.74) is 5.47. The Labute approximate surface area is 82.9 Å². The van der Waals surface area contributed by atoms with Crippen LogP contribution in [0.5, 0.6) is 0 Å². The van der Waals surface area contributed by atoms with Gasteiger partial charge in [0.25, 0.3) is 0 Å². The number of piperazine rings is 1. The SMILES string of the molecule is CC.CCN1CCN(CCN)CC1. The molecule has 13 heavy (non-hydrogen) atoms. The van der Waals surface area contributed by atoms with Crippen molar-refractivity contribution in [1.29, 1.82) is 0 Å².